The van der Waals surface area contributed by atoms with Crippen LogP contribution in [0.25, 0.3) is 0 Å². The molecule has 2 amide bonds. The maximum absolute atomic E-state index is 14.0. The molecule has 6 nitrogen and oxygen atoms in total. The fraction of sp³-hybridized carbons (Fsp3) is 0.548. The van der Waals surface area contributed by atoms with Crippen LogP contribution in [0.1, 0.15) is 102 Å². The second-order valence-corrected chi connectivity index (χ2v) is 10.5. The highest BCUT2D eigenvalue weighted by molar-refractivity contribution is 6.05. The molecule has 0 aliphatic heterocycles. The maximum atomic E-state index is 14.0. The van der Waals surface area contributed by atoms with Crippen molar-refractivity contribution in [3.63, 3.8) is 0 Å². The van der Waals surface area contributed by atoms with Crippen molar-refractivity contribution in [3.05, 3.63) is 71.8 Å². The van der Waals surface area contributed by atoms with E-state index in [9.17, 15) is 19.8 Å². The van der Waals surface area contributed by atoms with Gasteiger partial charge in [0.15, 0.2) is 0 Å². The lowest BCUT2D eigenvalue weighted by atomic mass is 9.79. The van der Waals surface area contributed by atoms with E-state index in [1.165, 1.54) is 0 Å². The van der Waals surface area contributed by atoms with E-state index < -0.39 is 28.7 Å². The van der Waals surface area contributed by atoms with Crippen LogP contribution in [0, 0.1) is 5.41 Å². The Morgan fingerprint density at radius 2 is 1.03 bits per heavy atom. The highest BCUT2D eigenvalue weighted by Gasteiger charge is 2.51. The molecule has 2 aromatic carbocycles. The number of amides is 2. The Balaban J connectivity index is 1.96. The molecule has 1 fully saturated rings. The van der Waals surface area contributed by atoms with Crippen LogP contribution in [0.4, 0.5) is 0 Å². The van der Waals surface area contributed by atoms with Crippen molar-refractivity contribution >= 4 is 11.8 Å². The highest BCUT2D eigenvalue weighted by atomic mass is 16.3. The first-order chi connectivity index (χ1) is 17.7. The first kappa shape index (κ1) is 28.9. The van der Waals surface area contributed by atoms with E-state index in [1.807, 2.05) is 88.4 Å². The molecule has 0 heterocycles. The summed E-state index contributed by atoms with van der Waals surface area (Å²) in [4.78, 5) is 28.1. The summed E-state index contributed by atoms with van der Waals surface area (Å²) in [6, 6.07) is 17.7. The average molecular weight is 509 g/mol. The molecule has 3 rings (SSSR count). The summed E-state index contributed by atoms with van der Waals surface area (Å²) in [6.45, 7) is 7.63. The van der Waals surface area contributed by atoms with Gasteiger partial charge in [-0.05, 0) is 49.7 Å². The predicted octanol–water partition coefficient (Wildman–Crippen LogP) is 5.36. The molecule has 6 heteroatoms. The van der Waals surface area contributed by atoms with Gasteiger partial charge in [-0.2, -0.15) is 0 Å². The minimum Gasteiger partial charge on any atom is -0.387 e. The van der Waals surface area contributed by atoms with Crippen molar-refractivity contribution in [2.24, 2.45) is 5.41 Å². The maximum Gasteiger partial charge on any atom is 0.236 e. The summed E-state index contributed by atoms with van der Waals surface area (Å²) in [5, 5.41) is 29.2. The van der Waals surface area contributed by atoms with E-state index in [1.54, 1.807) is 0 Å². The monoisotopic (exact) mass is 508 g/mol. The zero-order valence-electron chi connectivity index (χ0n) is 22.8. The Hall–Kier alpha value is -2.70. The fourth-order valence-corrected chi connectivity index (χ4v) is 5.74. The van der Waals surface area contributed by atoms with Gasteiger partial charge in [-0.3, -0.25) is 9.59 Å². The molecule has 0 spiro atoms. The van der Waals surface area contributed by atoms with Crippen LogP contribution in [0.5, 0.6) is 0 Å². The van der Waals surface area contributed by atoms with Gasteiger partial charge in [0.25, 0.3) is 0 Å². The summed E-state index contributed by atoms with van der Waals surface area (Å²) in [5.41, 5.74) is -1.94. The van der Waals surface area contributed by atoms with Gasteiger partial charge in [-0.1, -0.05) is 101 Å². The molecule has 2 atom stereocenters. The van der Waals surface area contributed by atoms with Crippen LogP contribution in [-0.4, -0.2) is 33.2 Å². The Labute approximate surface area is 221 Å². The van der Waals surface area contributed by atoms with Crippen LogP contribution in [0.2, 0.25) is 0 Å². The molecule has 37 heavy (non-hydrogen) atoms. The second-order valence-electron chi connectivity index (χ2n) is 10.5. The fourth-order valence-electron chi connectivity index (χ4n) is 5.74. The van der Waals surface area contributed by atoms with E-state index in [-0.39, 0.29) is 11.8 Å². The number of hydrogen-bond donors (Lipinski definition) is 4. The van der Waals surface area contributed by atoms with E-state index in [0.717, 1.165) is 24.0 Å². The lowest BCUT2D eigenvalue weighted by Gasteiger charge is -2.40. The molecule has 0 saturated heterocycles. The number of carbonyl (C=O) groups excluding carboxylic acids is 2. The van der Waals surface area contributed by atoms with Gasteiger partial charge >= 0.3 is 0 Å². The van der Waals surface area contributed by atoms with Gasteiger partial charge in [-0.25, -0.2) is 0 Å². The molecule has 1 aliphatic rings. The minimum absolute atomic E-state index is 0.361. The van der Waals surface area contributed by atoms with Crippen LogP contribution >= 0.6 is 0 Å². The van der Waals surface area contributed by atoms with Crippen molar-refractivity contribution in [1.29, 1.82) is 0 Å². The second kappa shape index (κ2) is 12.2. The standard InChI is InChI=1S/C31H44N2O4/c1-5-30(36,6-2)25(23-17-11-9-12-18-23)32-27(34)29(21-15-16-22-29)28(35)33-26(31(37,7-3)8-4)24-19-13-10-14-20-24/h9-14,17-20,25-26,36-37H,5-8,15-16,21-22H2,1-4H3,(H,32,34)(H,33,35)/t25-,26-/m1/s1. The highest BCUT2D eigenvalue weighted by Crippen LogP contribution is 2.42. The summed E-state index contributed by atoms with van der Waals surface area (Å²) < 4.78 is 0. The zero-order chi connectivity index (χ0) is 27.1. The number of rotatable bonds is 12. The number of aliphatic hydroxyl groups is 2. The molecular formula is C31H44N2O4. The molecule has 2 aromatic rings. The lowest BCUT2D eigenvalue weighted by molar-refractivity contribution is -0.147. The first-order valence-corrected chi connectivity index (χ1v) is 13.9. The van der Waals surface area contributed by atoms with Crippen molar-refractivity contribution in [2.75, 3.05) is 0 Å². The summed E-state index contributed by atoms with van der Waals surface area (Å²) >= 11 is 0. The number of hydrogen-bond acceptors (Lipinski definition) is 4. The molecule has 0 bridgehead atoms. The molecule has 0 radical (unpaired) electrons. The van der Waals surface area contributed by atoms with Crippen molar-refractivity contribution in [2.45, 2.75) is 102 Å². The van der Waals surface area contributed by atoms with E-state index in [4.69, 9.17) is 0 Å². The average Bonchev–Trinajstić information content (AvgIpc) is 3.46. The smallest absolute Gasteiger partial charge is 0.236 e. The molecular weight excluding hydrogens is 464 g/mol. The molecule has 4 N–H and O–H groups in total. The minimum atomic E-state index is -1.26. The van der Waals surface area contributed by atoms with Gasteiger partial charge in [-0.15, -0.1) is 0 Å². The topological polar surface area (TPSA) is 98.7 Å². The van der Waals surface area contributed by atoms with E-state index in [2.05, 4.69) is 10.6 Å². The summed E-state index contributed by atoms with van der Waals surface area (Å²) in [7, 11) is 0. The molecule has 202 valence electrons. The SMILES string of the molecule is CCC(O)(CC)[C@H](NC(=O)C1(C(=O)N[C@H](c2ccccc2)C(O)(CC)CC)CCCC1)c1ccccc1. The number of benzene rings is 2. The van der Waals surface area contributed by atoms with Crippen molar-refractivity contribution in [1.82, 2.24) is 10.6 Å². The van der Waals surface area contributed by atoms with Crippen LogP contribution < -0.4 is 10.6 Å². The van der Waals surface area contributed by atoms with Gasteiger partial charge in [0, 0.05) is 0 Å². The number of carbonyl (C=O) groups is 2. The van der Waals surface area contributed by atoms with Crippen molar-refractivity contribution in [3.8, 4) is 0 Å². The Morgan fingerprint density at radius 3 is 1.32 bits per heavy atom. The quantitative estimate of drug-likeness (QED) is 0.290. The van der Waals surface area contributed by atoms with Gasteiger partial charge in [0.05, 0.1) is 23.3 Å². The third-order valence-electron chi connectivity index (χ3n) is 8.67. The third kappa shape index (κ3) is 5.91. The third-order valence-corrected chi connectivity index (χ3v) is 8.67. The summed E-state index contributed by atoms with van der Waals surface area (Å²) in [6.07, 6.45) is 4.23. The molecule has 1 aliphatic carbocycles. The van der Waals surface area contributed by atoms with Gasteiger partial charge in [0.1, 0.15) is 5.41 Å². The van der Waals surface area contributed by atoms with E-state index in [0.29, 0.717) is 38.5 Å². The largest absolute Gasteiger partial charge is 0.387 e. The van der Waals surface area contributed by atoms with Crippen LogP contribution in [0.15, 0.2) is 60.7 Å². The first-order valence-electron chi connectivity index (χ1n) is 13.9. The number of nitrogens with one attached hydrogen (secondary N) is 2. The van der Waals surface area contributed by atoms with Gasteiger partial charge < -0.3 is 20.8 Å². The Morgan fingerprint density at radius 1 is 0.703 bits per heavy atom. The van der Waals surface area contributed by atoms with Crippen molar-refractivity contribution < 1.29 is 19.8 Å². The lowest BCUT2D eigenvalue weighted by Crippen LogP contribution is -2.56. The summed E-state index contributed by atoms with van der Waals surface area (Å²) in [5.74, 6) is -0.722. The van der Waals surface area contributed by atoms with Gasteiger partial charge in [0.2, 0.25) is 11.8 Å². The molecule has 0 aromatic heterocycles. The normalized spacial score (nSPS) is 17.1. The Bertz CT molecular complexity index is 933. The Kier molecular flexibility index (Phi) is 9.54. The van der Waals surface area contributed by atoms with Crippen LogP contribution in [-0.2, 0) is 9.59 Å². The molecule has 0 unspecified atom stereocenters. The van der Waals surface area contributed by atoms with E-state index >= 15 is 0 Å². The zero-order valence-corrected chi connectivity index (χ0v) is 22.8. The van der Waals surface area contributed by atoms with Crippen LogP contribution in [0.3, 0.4) is 0 Å². The molecule has 1 saturated carbocycles. The predicted molar refractivity (Wildman–Crippen MR) is 147 cm³/mol.